The van der Waals surface area contributed by atoms with Gasteiger partial charge in [0.25, 0.3) is 10.0 Å². The molecule has 3 rings (SSSR count). The number of carbonyl (C=O) groups is 1. The Bertz CT molecular complexity index is 981. The van der Waals surface area contributed by atoms with E-state index in [4.69, 9.17) is 0 Å². The maximum atomic E-state index is 12.5. The first-order chi connectivity index (χ1) is 11.9. The second-order valence-electron chi connectivity index (χ2n) is 5.31. The molecular formula is C17H16N4O3S. The number of rotatable bonds is 5. The van der Waals surface area contributed by atoms with E-state index in [0.29, 0.717) is 11.4 Å². The van der Waals surface area contributed by atoms with Crippen LogP contribution < -0.4 is 10.0 Å². The van der Waals surface area contributed by atoms with Crippen LogP contribution in [0.4, 0.5) is 11.4 Å². The van der Waals surface area contributed by atoms with Gasteiger partial charge in [0, 0.05) is 25.0 Å². The normalized spacial score (nSPS) is 11.1. The van der Waals surface area contributed by atoms with Gasteiger partial charge >= 0.3 is 0 Å². The fourth-order valence-corrected chi connectivity index (χ4v) is 3.33. The van der Waals surface area contributed by atoms with Gasteiger partial charge in [-0.05, 0) is 48.5 Å². The second kappa shape index (κ2) is 6.78. The lowest BCUT2D eigenvalue weighted by molar-refractivity contribution is -0.114. The van der Waals surface area contributed by atoms with Gasteiger partial charge < -0.3 is 5.32 Å². The lowest BCUT2D eigenvalue weighted by Crippen LogP contribution is -2.13. The van der Waals surface area contributed by atoms with Crippen molar-refractivity contribution in [2.45, 2.75) is 11.8 Å². The van der Waals surface area contributed by atoms with Crippen molar-refractivity contribution < 1.29 is 13.2 Å². The maximum absolute atomic E-state index is 12.5. The number of nitrogens with one attached hydrogen (secondary N) is 2. The van der Waals surface area contributed by atoms with Gasteiger partial charge in [0.15, 0.2) is 0 Å². The number of amides is 1. The van der Waals surface area contributed by atoms with Crippen LogP contribution in [0, 0.1) is 0 Å². The molecule has 0 saturated heterocycles. The minimum atomic E-state index is -3.74. The lowest BCUT2D eigenvalue weighted by Gasteiger charge is -2.10. The van der Waals surface area contributed by atoms with E-state index in [2.05, 4.69) is 15.1 Å². The van der Waals surface area contributed by atoms with Crippen LogP contribution in [-0.4, -0.2) is 24.1 Å². The smallest absolute Gasteiger partial charge is 0.261 e. The molecule has 1 aromatic heterocycles. The van der Waals surface area contributed by atoms with Gasteiger partial charge in [-0.3, -0.25) is 9.52 Å². The lowest BCUT2D eigenvalue weighted by atomic mass is 10.3. The third-order valence-electron chi connectivity index (χ3n) is 3.35. The van der Waals surface area contributed by atoms with E-state index in [1.54, 1.807) is 59.5 Å². The number of benzene rings is 2. The van der Waals surface area contributed by atoms with Crippen molar-refractivity contribution >= 4 is 27.3 Å². The molecule has 0 atom stereocenters. The van der Waals surface area contributed by atoms with E-state index in [-0.39, 0.29) is 10.8 Å². The summed E-state index contributed by atoms with van der Waals surface area (Å²) in [7, 11) is -3.74. The molecule has 0 spiro atoms. The number of sulfonamides is 1. The van der Waals surface area contributed by atoms with Crippen LogP contribution in [0.3, 0.4) is 0 Å². The van der Waals surface area contributed by atoms with Crippen molar-refractivity contribution in [1.82, 2.24) is 9.78 Å². The van der Waals surface area contributed by atoms with Crippen LogP contribution in [0.15, 0.2) is 71.9 Å². The third kappa shape index (κ3) is 4.04. The monoisotopic (exact) mass is 356 g/mol. The molecule has 0 bridgehead atoms. The summed E-state index contributed by atoms with van der Waals surface area (Å²) in [5.41, 5.74) is 1.64. The van der Waals surface area contributed by atoms with Crippen LogP contribution in [0.25, 0.3) is 5.69 Å². The molecule has 0 saturated carbocycles. The van der Waals surface area contributed by atoms with E-state index >= 15 is 0 Å². The molecule has 0 aliphatic rings. The van der Waals surface area contributed by atoms with Crippen LogP contribution in [0.2, 0.25) is 0 Å². The van der Waals surface area contributed by atoms with Crippen molar-refractivity contribution in [3.05, 3.63) is 67.0 Å². The highest BCUT2D eigenvalue weighted by Gasteiger charge is 2.14. The highest BCUT2D eigenvalue weighted by molar-refractivity contribution is 7.92. The molecule has 3 aromatic rings. The predicted octanol–water partition coefficient (Wildman–Crippen LogP) is 2.63. The Hall–Kier alpha value is -3.13. The SMILES string of the molecule is CC(=O)Nc1cccc(NS(=O)(=O)c2ccc(-n3cccn3)cc2)c1. The van der Waals surface area contributed by atoms with Crippen molar-refractivity contribution in [3.63, 3.8) is 0 Å². The topological polar surface area (TPSA) is 93.1 Å². The summed E-state index contributed by atoms with van der Waals surface area (Å²) in [6, 6.07) is 14.7. The first-order valence-electron chi connectivity index (χ1n) is 7.45. The van der Waals surface area contributed by atoms with Crippen LogP contribution >= 0.6 is 0 Å². The Morgan fingerprint density at radius 2 is 1.76 bits per heavy atom. The Kier molecular flexibility index (Phi) is 4.53. The summed E-state index contributed by atoms with van der Waals surface area (Å²) in [6.45, 7) is 1.39. The van der Waals surface area contributed by atoms with Crippen molar-refractivity contribution in [3.8, 4) is 5.69 Å². The number of hydrogen-bond acceptors (Lipinski definition) is 4. The largest absolute Gasteiger partial charge is 0.326 e. The number of anilines is 2. The van der Waals surface area contributed by atoms with E-state index in [0.717, 1.165) is 5.69 Å². The molecule has 2 aromatic carbocycles. The highest BCUT2D eigenvalue weighted by atomic mass is 32.2. The number of nitrogens with zero attached hydrogens (tertiary/aromatic N) is 2. The molecular weight excluding hydrogens is 340 g/mol. The van der Waals surface area contributed by atoms with E-state index in [9.17, 15) is 13.2 Å². The molecule has 8 heteroatoms. The summed E-state index contributed by atoms with van der Waals surface area (Å²) < 4.78 is 29.2. The molecule has 0 unspecified atom stereocenters. The number of hydrogen-bond donors (Lipinski definition) is 2. The van der Waals surface area contributed by atoms with Gasteiger partial charge in [0.1, 0.15) is 0 Å². The molecule has 0 fully saturated rings. The average molecular weight is 356 g/mol. The zero-order chi connectivity index (χ0) is 17.9. The number of aromatic nitrogens is 2. The van der Waals surface area contributed by atoms with Gasteiger partial charge in [0.05, 0.1) is 16.3 Å². The Balaban J connectivity index is 1.81. The zero-order valence-electron chi connectivity index (χ0n) is 13.4. The molecule has 0 aliphatic carbocycles. The summed E-state index contributed by atoms with van der Waals surface area (Å²) in [4.78, 5) is 11.2. The quantitative estimate of drug-likeness (QED) is 0.735. The van der Waals surface area contributed by atoms with Gasteiger partial charge in [0.2, 0.25) is 5.91 Å². The first kappa shape index (κ1) is 16.7. The molecule has 1 amide bonds. The molecule has 7 nitrogen and oxygen atoms in total. The van der Waals surface area contributed by atoms with Gasteiger partial charge in [-0.25, -0.2) is 13.1 Å². The molecule has 1 heterocycles. The molecule has 128 valence electrons. The maximum Gasteiger partial charge on any atom is 0.261 e. The highest BCUT2D eigenvalue weighted by Crippen LogP contribution is 2.20. The average Bonchev–Trinajstić information content (AvgIpc) is 3.09. The summed E-state index contributed by atoms with van der Waals surface area (Å²) in [5, 5.41) is 6.71. The number of carbonyl (C=O) groups excluding carboxylic acids is 1. The van der Waals surface area contributed by atoms with Gasteiger partial charge in [-0.15, -0.1) is 0 Å². The fraction of sp³-hybridized carbons (Fsp3) is 0.0588. The molecule has 2 N–H and O–H groups in total. The predicted molar refractivity (Wildman–Crippen MR) is 95.1 cm³/mol. The standard InChI is InChI=1S/C17H16N4O3S/c1-13(22)19-14-4-2-5-15(12-14)20-25(23,24)17-8-6-16(7-9-17)21-11-3-10-18-21/h2-12,20H,1H3,(H,19,22). The van der Waals surface area contributed by atoms with Gasteiger partial charge in [-0.2, -0.15) is 5.10 Å². The Morgan fingerprint density at radius 1 is 1.04 bits per heavy atom. The fourth-order valence-electron chi connectivity index (χ4n) is 2.28. The first-order valence-corrected chi connectivity index (χ1v) is 8.93. The van der Waals surface area contributed by atoms with E-state index in [1.807, 2.05) is 0 Å². The van der Waals surface area contributed by atoms with Crippen LogP contribution in [0.1, 0.15) is 6.92 Å². The van der Waals surface area contributed by atoms with Crippen LogP contribution in [0.5, 0.6) is 0 Å². The van der Waals surface area contributed by atoms with Crippen molar-refractivity contribution in [1.29, 1.82) is 0 Å². The van der Waals surface area contributed by atoms with Crippen LogP contribution in [-0.2, 0) is 14.8 Å². The van der Waals surface area contributed by atoms with E-state index < -0.39 is 10.0 Å². The Labute approximate surface area is 145 Å². The molecule has 25 heavy (non-hydrogen) atoms. The van der Waals surface area contributed by atoms with Gasteiger partial charge in [-0.1, -0.05) is 6.07 Å². The minimum Gasteiger partial charge on any atom is -0.326 e. The van der Waals surface area contributed by atoms with Crippen molar-refractivity contribution in [2.24, 2.45) is 0 Å². The summed E-state index contributed by atoms with van der Waals surface area (Å²) in [5.74, 6) is -0.228. The Morgan fingerprint density at radius 3 is 2.40 bits per heavy atom. The minimum absolute atomic E-state index is 0.133. The van der Waals surface area contributed by atoms with E-state index in [1.165, 1.54) is 19.1 Å². The second-order valence-corrected chi connectivity index (χ2v) is 6.99. The molecule has 0 radical (unpaired) electrons. The zero-order valence-corrected chi connectivity index (χ0v) is 14.2. The molecule has 0 aliphatic heterocycles. The summed E-state index contributed by atoms with van der Waals surface area (Å²) >= 11 is 0. The summed E-state index contributed by atoms with van der Waals surface area (Å²) in [6.07, 6.45) is 3.42. The third-order valence-corrected chi connectivity index (χ3v) is 4.75. The van der Waals surface area contributed by atoms with Crippen molar-refractivity contribution in [2.75, 3.05) is 10.0 Å².